The van der Waals surface area contributed by atoms with Gasteiger partial charge in [-0.3, -0.25) is 19.2 Å². The highest BCUT2D eigenvalue weighted by atomic mass is 35.5. The number of anilines is 2. The summed E-state index contributed by atoms with van der Waals surface area (Å²) in [6.07, 6.45) is 1.41. The maximum absolute atomic E-state index is 13.4. The molecule has 0 unspecified atom stereocenters. The van der Waals surface area contributed by atoms with E-state index in [9.17, 15) is 18.0 Å². The SMILES string of the molecule is C=CCN(c1ccccc1)S(=O)(=O)c1cc(C(=O)Nc2nc(CC(N)=O)cs2)ccc1Cl. The van der Waals surface area contributed by atoms with Gasteiger partial charge in [0.25, 0.3) is 15.9 Å². The molecule has 1 heterocycles. The van der Waals surface area contributed by atoms with Gasteiger partial charge in [0.05, 0.1) is 29.4 Å². The number of nitrogens with zero attached hydrogens (tertiary/aromatic N) is 2. The second-order valence-electron chi connectivity index (χ2n) is 6.55. The summed E-state index contributed by atoms with van der Waals surface area (Å²) in [5, 5.41) is 4.42. The first-order valence-electron chi connectivity index (χ1n) is 9.24. The van der Waals surface area contributed by atoms with E-state index in [0.29, 0.717) is 11.4 Å². The molecule has 0 aliphatic carbocycles. The van der Waals surface area contributed by atoms with Crippen molar-refractivity contribution in [1.82, 2.24) is 4.98 Å². The summed E-state index contributed by atoms with van der Waals surface area (Å²) < 4.78 is 27.9. The van der Waals surface area contributed by atoms with E-state index in [4.69, 9.17) is 17.3 Å². The molecule has 0 saturated carbocycles. The molecule has 0 aliphatic heterocycles. The van der Waals surface area contributed by atoms with Gasteiger partial charge in [-0.25, -0.2) is 13.4 Å². The van der Waals surface area contributed by atoms with Crippen molar-refractivity contribution >= 4 is 55.6 Å². The molecule has 0 bridgehead atoms. The molecule has 0 aliphatic rings. The lowest BCUT2D eigenvalue weighted by Crippen LogP contribution is -2.31. The zero-order chi connectivity index (χ0) is 23.3. The van der Waals surface area contributed by atoms with Crippen LogP contribution in [0.4, 0.5) is 10.8 Å². The Bertz CT molecular complexity index is 1260. The van der Waals surface area contributed by atoms with Crippen LogP contribution >= 0.6 is 22.9 Å². The van der Waals surface area contributed by atoms with E-state index in [1.807, 2.05) is 0 Å². The predicted molar refractivity (Wildman–Crippen MR) is 126 cm³/mol. The average molecular weight is 491 g/mol. The molecule has 2 aromatic carbocycles. The molecule has 8 nitrogen and oxygen atoms in total. The lowest BCUT2D eigenvalue weighted by atomic mass is 10.2. The topological polar surface area (TPSA) is 122 Å². The Morgan fingerprint density at radius 1 is 1.22 bits per heavy atom. The number of carbonyl (C=O) groups is 2. The van der Waals surface area contributed by atoms with E-state index in [-0.39, 0.29) is 33.6 Å². The highest BCUT2D eigenvalue weighted by Gasteiger charge is 2.27. The van der Waals surface area contributed by atoms with E-state index >= 15 is 0 Å². The molecule has 0 fully saturated rings. The Labute approximate surface area is 194 Å². The van der Waals surface area contributed by atoms with Crippen LogP contribution in [-0.2, 0) is 21.2 Å². The summed E-state index contributed by atoms with van der Waals surface area (Å²) in [5.41, 5.74) is 6.08. The van der Waals surface area contributed by atoms with Gasteiger partial charge in [-0.15, -0.1) is 17.9 Å². The summed E-state index contributed by atoms with van der Waals surface area (Å²) in [4.78, 5) is 27.6. The van der Waals surface area contributed by atoms with Crippen LogP contribution in [0.2, 0.25) is 5.02 Å². The van der Waals surface area contributed by atoms with Crippen molar-refractivity contribution in [3.8, 4) is 0 Å². The zero-order valence-electron chi connectivity index (χ0n) is 16.7. The van der Waals surface area contributed by atoms with Crippen LogP contribution in [-0.4, -0.2) is 31.8 Å². The molecular weight excluding hydrogens is 472 g/mol. The van der Waals surface area contributed by atoms with E-state index < -0.39 is 21.8 Å². The van der Waals surface area contributed by atoms with E-state index in [1.54, 1.807) is 35.7 Å². The summed E-state index contributed by atoms with van der Waals surface area (Å²) in [6.45, 7) is 3.64. The van der Waals surface area contributed by atoms with Gasteiger partial charge in [0.1, 0.15) is 4.90 Å². The first-order chi connectivity index (χ1) is 15.2. The summed E-state index contributed by atoms with van der Waals surface area (Å²) >= 11 is 7.33. The van der Waals surface area contributed by atoms with E-state index in [2.05, 4.69) is 16.9 Å². The summed E-state index contributed by atoms with van der Waals surface area (Å²) in [5.74, 6) is -1.11. The number of halogens is 1. The maximum Gasteiger partial charge on any atom is 0.266 e. The Hall–Kier alpha value is -3.21. The second kappa shape index (κ2) is 9.94. The zero-order valence-corrected chi connectivity index (χ0v) is 19.1. The third-order valence-electron chi connectivity index (χ3n) is 4.23. The Balaban J connectivity index is 1.91. The largest absolute Gasteiger partial charge is 0.369 e. The van der Waals surface area contributed by atoms with Gasteiger partial charge >= 0.3 is 0 Å². The van der Waals surface area contributed by atoms with E-state index in [1.165, 1.54) is 24.3 Å². The molecule has 0 saturated heterocycles. The minimum Gasteiger partial charge on any atom is -0.369 e. The summed E-state index contributed by atoms with van der Waals surface area (Å²) in [6, 6.07) is 12.5. The van der Waals surface area contributed by atoms with Crippen LogP contribution in [0.25, 0.3) is 0 Å². The molecular formula is C21H19ClN4O4S2. The summed E-state index contributed by atoms with van der Waals surface area (Å²) in [7, 11) is -4.10. The quantitative estimate of drug-likeness (QED) is 0.445. The number of rotatable bonds is 9. The molecule has 32 heavy (non-hydrogen) atoms. The third kappa shape index (κ3) is 5.34. The fourth-order valence-corrected chi connectivity index (χ4v) is 5.45. The second-order valence-corrected chi connectivity index (χ2v) is 9.64. The Morgan fingerprint density at radius 2 is 1.94 bits per heavy atom. The van der Waals surface area contributed by atoms with E-state index in [0.717, 1.165) is 15.6 Å². The van der Waals surface area contributed by atoms with Crippen LogP contribution in [0.1, 0.15) is 16.1 Å². The standard InChI is InChI=1S/C21H19ClN4O4S2/c1-2-10-26(16-6-4-3-5-7-16)32(29,30)18-11-14(8-9-17(18)22)20(28)25-21-24-15(13-31-21)12-19(23)27/h2-9,11,13H,1,10,12H2,(H2,23,27)(H,24,25,28). The first-order valence-corrected chi connectivity index (χ1v) is 11.9. The fraction of sp³-hybridized carbons (Fsp3) is 0.0952. The Morgan fingerprint density at radius 3 is 2.59 bits per heavy atom. The molecule has 1 aromatic heterocycles. The van der Waals surface area contributed by atoms with Crippen molar-refractivity contribution in [2.24, 2.45) is 5.73 Å². The molecule has 11 heteroatoms. The minimum atomic E-state index is -4.10. The average Bonchev–Trinajstić information content (AvgIpc) is 3.18. The van der Waals surface area contributed by atoms with Gasteiger partial charge in [-0.1, -0.05) is 35.9 Å². The number of nitrogens with one attached hydrogen (secondary N) is 1. The van der Waals surface area contributed by atoms with Crippen molar-refractivity contribution in [2.75, 3.05) is 16.2 Å². The van der Waals surface area contributed by atoms with Gasteiger partial charge in [0.15, 0.2) is 5.13 Å². The predicted octanol–water partition coefficient (Wildman–Crippen LogP) is 3.46. The molecule has 3 aromatic rings. The number of hydrogen-bond acceptors (Lipinski definition) is 6. The smallest absolute Gasteiger partial charge is 0.266 e. The van der Waals surface area contributed by atoms with Crippen molar-refractivity contribution in [2.45, 2.75) is 11.3 Å². The molecule has 2 amide bonds. The monoisotopic (exact) mass is 490 g/mol. The van der Waals surface area contributed by atoms with Gasteiger partial charge in [-0.05, 0) is 30.3 Å². The van der Waals surface area contributed by atoms with Gasteiger partial charge in [-0.2, -0.15) is 0 Å². The van der Waals surface area contributed by atoms with Crippen LogP contribution in [0.5, 0.6) is 0 Å². The van der Waals surface area contributed by atoms with Gasteiger partial charge in [0.2, 0.25) is 5.91 Å². The molecule has 0 radical (unpaired) electrons. The Kier molecular flexibility index (Phi) is 7.29. The third-order valence-corrected chi connectivity index (χ3v) is 7.31. The molecule has 0 spiro atoms. The normalized spacial score (nSPS) is 11.0. The highest BCUT2D eigenvalue weighted by molar-refractivity contribution is 7.93. The maximum atomic E-state index is 13.4. The molecule has 3 rings (SSSR count). The minimum absolute atomic E-state index is 0.0147. The number of hydrogen-bond donors (Lipinski definition) is 2. The number of thiazole rings is 1. The van der Waals surface area contributed by atoms with Crippen molar-refractivity contribution < 1.29 is 18.0 Å². The van der Waals surface area contributed by atoms with Crippen molar-refractivity contribution in [3.05, 3.63) is 82.8 Å². The first kappa shape index (κ1) is 23.5. The number of primary amides is 1. The molecule has 166 valence electrons. The lowest BCUT2D eigenvalue weighted by Gasteiger charge is -2.24. The number of sulfonamides is 1. The van der Waals surface area contributed by atoms with Crippen LogP contribution < -0.4 is 15.4 Å². The van der Waals surface area contributed by atoms with Crippen LogP contribution in [0, 0.1) is 0 Å². The van der Waals surface area contributed by atoms with Crippen molar-refractivity contribution in [3.63, 3.8) is 0 Å². The lowest BCUT2D eigenvalue weighted by molar-refractivity contribution is -0.117. The number of carbonyl (C=O) groups excluding carboxylic acids is 2. The highest BCUT2D eigenvalue weighted by Crippen LogP contribution is 2.30. The van der Waals surface area contributed by atoms with Crippen molar-refractivity contribution in [1.29, 1.82) is 0 Å². The molecule has 0 atom stereocenters. The number of amides is 2. The number of aromatic nitrogens is 1. The number of para-hydroxylation sites is 1. The van der Waals surface area contributed by atoms with Gasteiger partial charge in [0, 0.05) is 10.9 Å². The van der Waals surface area contributed by atoms with Crippen LogP contribution in [0.15, 0.2) is 71.5 Å². The number of benzene rings is 2. The molecule has 3 N–H and O–H groups in total. The van der Waals surface area contributed by atoms with Gasteiger partial charge < -0.3 is 5.73 Å². The number of nitrogens with two attached hydrogens (primary N) is 1. The van der Waals surface area contributed by atoms with Crippen LogP contribution in [0.3, 0.4) is 0 Å². The fourth-order valence-electron chi connectivity index (χ4n) is 2.81.